The Morgan fingerprint density at radius 1 is 1.50 bits per heavy atom. The number of methoxy groups -OCH3 is 1. The molecule has 0 fully saturated rings. The number of imidazole rings is 1. The van der Waals surface area contributed by atoms with Gasteiger partial charge in [0.05, 0.1) is 0 Å². The van der Waals surface area contributed by atoms with Gasteiger partial charge in [-0.25, -0.2) is 9.97 Å². The standard InChI is InChI=1S/C9H12N4O/c1-7-5-11-9-8(12-6-14-2)10-3-4-13(7)9/h3-5H,6H2,1-2H3,(H,10,12). The maximum atomic E-state index is 4.91. The van der Waals surface area contributed by atoms with Crippen LogP contribution in [0.25, 0.3) is 5.65 Å². The van der Waals surface area contributed by atoms with Crippen LogP contribution in [0.3, 0.4) is 0 Å². The van der Waals surface area contributed by atoms with Crippen LogP contribution in [0.2, 0.25) is 0 Å². The summed E-state index contributed by atoms with van der Waals surface area (Å²) in [7, 11) is 1.63. The van der Waals surface area contributed by atoms with Crippen LogP contribution in [0, 0.1) is 6.92 Å². The first-order chi connectivity index (χ1) is 6.83. The van der Waals surface area contributed by atoms with Crippen molar-refractivity contribution < 1.29 is 4.74 Å². The second-order valence-electron chi connectivity index (χ2n) is 2.98. The summed E-state index contributed by atoms with van der Waals surface area (Å²) >= 11 is 0. The number of hydrogen-bond acceptors (Lipinski definition) is 4. The molecular weight excluding hydrogens is 180 g/mol. The SMILES string of the molecule is COCNc1nccn2c(C)cnc12. The van der Waals surface area contributed by atoms with Gasteiger partial charge in [-0.1, -0.05) is 0 Å². The number of rotatable bonds is 3. The van der Waals surface area contributed by atoms with E-state index in [0.29, 0.717) is 6.73 Å². The first-order valence-electron chi connectivity index (χ1n) is 4.34. The van der Waals surface area contributed by atoms with Gasteiger partial charge in [0, 0.05) is 31.4 Å². The first kappa shape index (κ1) is 8.96. The van der Waals surface area contributed by atoms with Crippen molar-refractivity contribution >= 4 is 11.5 Å². The molecule has 0 amide bonds. The lowest BCUT2D eigenvalue weighted by Gasteiger charge is -2.05. The zero-order valence-corrected chi connectivity index (χ0v) is 8.19. The molecule has 0 radical (unpaired) electrons. The molecule has 2 heterocycles. The number of nitrogens with one attached hydrogen (secondary N) is 1. The van der Waals surface area contributed by atoms with Crippen LogP contribution in [0.5, 0.6) is 0 Å². The second kappa shape index (κ2) is 3.63. The van der Waals surface area contributed by atoms with Crippen molar-refractivity contribution in [2.24, 2.45) is 0 Å². The molecule has 2 rings (SSSR count). The maximum Gasteiger partial charge on any atom is 0.180 e. The summed E-state index contributed by atoms with van der Waals surface area (Å²) in [6.45, 7) is 2.43. The monoisotopic (exact) mass is 192 g/mol. The molecule has 0 aliphatic heterocycles. The summed E-state index contributed by atoms with van der Waals surface area (Å²) in [5, 5.41) is 3.03. The van der Waals surface area contributed by atoms with E-state index in [9.17, 15) is 0 Å². The number of ether oxygens (including phenoxy) is 1. The van der Waals surface area contributed by atoms with Gasteiger partial charge in [-0.15, -0.1) is 0 Å². The van der Waals surface area contributed by atoms with E-state index >= 15 is 0 Å². The lowest BCUT2D eigenvalue weighted by molar-refractivity contribution is 0.221. The molecule has 0 aromatic carbocycles. The van der Waals surface area contributed by atoms with Gasteiger partial charge in [-0.05, 0) is 6.92 Å². The third-order valence-electron chi connectivity index (χ3n) is 2.00. The Bertz CT molecular complexity index is 437. The van der Waals surface area contributed by atoms with Gasteiger partial charge < -0.3 is 10.1 Å². The zero-order valence-electron chi connectivity index (χ0n) is 8.19. The molecule has 0 bridgehead atoms. The quantitative estimate of drug-likeness (QED) is 0.738. The van der Waals surface area contributed by atoms with Crippen molar-refractivity contribution in [3.8, 4) is 0 Å². The number of fused-ring (bicyclic) bond motifs is 1. The van der Waals surface area contributed by atoms with Gasteiger partial charge in [0.2, 0.25) is 0 Å². The molecule has 0 aliphatic carbocycles. The summed E-state index contributed by atoms with van der Waals surface area (Å²) in [5.41, 5.74) is 1.91. The van der Waals surface area contributed by atoms with Crippen molar-refractivity contribution in [1.29, 1.82) is 0 Å². The van der Waals surface area contributed by atoms with E-state index in [1.165, 1.54) is 0 Å². The average molecular weight is 192 g/mol. The largest absolute Gasteiger partial charge is 0.365 e. The molecule has 0 saturated heterocycles. The molecule has 74 valence electrons. The number of aromatic nitrogens is 3. The fourth-order valence-electron chi connectivity index (χ4n) is 1.31. The number of anilines is 1. The summed E-state index contributed by atoms with van der Waals surface area (Å²) in [4.78, 5) is 8.44. The van der Waals surface area contributed by atoms with Crippen LogP contribution in [-0.2, 0) is 4.74 Å². The molecule has 0 saturated carbocycles. The highest BCUT2D eigenvalue weighted by Gasteiger charge is 2.04. The van der Waals surface area contributed by atoms with E-state index in [1.54, 1.807) is 13.3 Å². The molecular formula is C9H12N4O. The zero-order chi connectivity index (χ0) is 9.97. The summed E-state index contributed by atoms with van der Waals surface area (Å²) in [6.07, 6.45) is 5.43. The minimum Gasteiger partial charge on any atom is -0.365 e. The minimum absolute atomic E-state index is 0.429. The van der Waals surface area contributed by atoms with Crippen molar-refractivity contribution in [2.45, 2.75) is 6.92 Å². The first-order valence-corrected chi connectivity index (χ1v) is 4.34. The van der Waals surface area contributed by atoms with E-state index in [4.69, 9.17) is 4.74 Å². The van der Waals surface area contributed by atoms with Crippen molar-refractivity contribution in [2.75, 3.05) is 19.2 Å². The third-order valence-corrected chi connectivity index (χ3v) is 2.00. The minimum atomic E-state index is 0.429. The van der Waals surface area contributed by atoms with Crippen LogP contribution >= 0.6 is 0 Å². The molecule has 5 nitrogen and oxygen atoms in total. The van der Waals surface area contributed by atoms with Crippen molar-refractivity contribution in [3.05, 3.63) is 24.3 Å². The van der Waals surface area contributed by atoms with E-state index in [0.717, 1.165) is 17.2 Å². The Hall–Kier alpha value is -1.62. The Morgan fingerprint density at radius 2 is 2.36 bits per heavy atom. The highest BCUT2D eigenvalue weighted by Crippen LogP contribution is 2.12. The maximum absolute atomic E-state index is 4.91. The summed E-state index contributed by atoms with van der Waals surface area (Å²) in [5.74, 6) is 0.738. The van der Waals surface area contributed by atoms with Gasteiger partial charge in [0.25, 0.3) is 0 Å². The molecule has 14 heavy (non-hydrogen) atoms. The van der Waals surface area contributed by atoms with Gasteiger partial charge in [-0.3, -0.25) is 4.40 Å². The topological polar surface area (TPSA) is 51.5 Å². The molecule has 5 heteroatoms. The number of hydrogen-bond donors (Lipinski definition) is 1. The van der Waals surface area contributed by atoms with Crippen LogP contribution in [0.1, 0.15) is 5.69 Å². The predicted molar refractivity (Wildman–Crippen MR) is 53.2 cm³/mol. The van der Waals surface area contributed by atoms with Gasteiger partial charge >= 0.3 is 0 Å². The predicted octanol–water partition coefficient (Wildman–Crippen LogP) is 1.05. The van der Waals surface area contributed by atoms with Crippen LogP contribution in [0.15, 0.2) is 18.6 Å². The van der Waals surface area contributed by atoms with Crippen molar-refractivity contribution in [3.63, 3.8) is 0 Å². The Balaban J connectivity index is 2.44. The molecule has 0 unspecified atom stereocenters. The fourth-order valence-corrected chi connectivity index (χ4v) is 1.31. The van der Waals surface area contributed by atoms with Crippen LogP contribution in [0.4, 0.5) is 5.82 Å². The van der Waals surface area contributed by atoms with Crippen LogP contribution in [-0.4, -0.2) is 28.2 Å². The van der Waals surface area contributed by atoms with E-state index in [-0.39, 0.29) is 0 Å². The molecule has 1 N–H and O–H groups in total. The Labute approximate surface area is 81.7 Å². The van der Waals surface area contributed by atoms with E-state index in [2.05, 4.69) is 15.3 Å². The second-order valence-corrected chi connectivity index (χ2v) is 2.98. The highest BCUT2D eigenvalue weighted by molar-refractivity contribution is 5.62. The molecule has 2 aromatic heterocycles. The summed E-state index contributed by atoms with van der Waals surface area (Å²) < 4.78 is 6.89. The molecule has 2 aromatic rings. The molecule has 0 atom stereocenters. The van der Waals surface area contributed by atoms with E-state index in [1.807, 2.05) is 23.7 Å². The number of aryl methyl sites for hydroxylation is 1. The lowest BCUT2D eigenvalue weighted by Crippen LogP contribution is -2.06. The highest BCUT2D eigenvalue weighted by atomic mass is 16.5. The summed E-state index contributed by atoms with van der Waals surface area (Å²) in [6, 6.07) is 0. The van der Waals surface area contributed by atoms with Crippen LogP contribution < -0.4 is 5.32 Å². The normalized spacial score (nSPS) is 10.7. The third kappa shape index (κ3) is 1.42. The fraction of sp³-hybridized carbons (Fsp3) is 0.333. The molecule has 0 spiro atoms. The van der Waals surface area contributed by atoms with Gasteiger partial charge in [0.1, 0.15) is 6.73 Å². The lowest BCUT2D eigenvalue weighted by atomic mass is 10.5. The Morgan fingerprint density at radius 3 is 3.14 bits per heavy atom. The molecule has 0 aliphatic rings. The van der Waals surface area contributed by atoms with E-state index < -0.39 is 0 Å². The van der Waals surface area contributed by atoms with Gasteiger partial charge in [-0.2, -0.15) is 0 Å². The van der Waals surface area contributed by atoms with Crippen molar-refractivity contribution in [1.82, 2.24) is 14.4 Å². The number of nitrogens with zero attached hydrogens (tertiary/aromatic N) is 3. The Kier molecular flexibility index (Phi) is 2.32. The van der Waals surface area contributed by atoms with Gasteiger partial charge in [0.15, 0.2) is 11.5 Å². The smallest absolute Gasteiger partial charge is 0.180 e. The average Bonchev–Trinajstić information content (AvgIpc) is 2.58.